The molecule has 1 saturated carbocycles. The average Bonchev–Trinajstić information content (AvgIpc) is 3.06. The van der Waals surface area contributed by atoms with Crippen LogP contribution in [-0.4, -0.2) is 30.2 Å². The van der Waals surface area contributed by atoms with Crippen LogP contribution in [0.3, 0.4) is 0 Å². The van der Waals surface area contributed by atoms with Gasteiger partial charge in [0.15, 0.2) is 0 Å². The Hall–Kier alpha value is -2.17. The van der Waals surface area contributed by atoms with Crippen LogP contribution in [0.2, 0.25) is 4.34 Å². The van der Waals surface area contributed by atoms with E-state index in [0.717, 1.165) is 11.4 Å². The van der Waals surface area contributed by atoms with E-state index in [4.69, 9.17) is 17.0 Å². The fourth-order valence-corrected chi connectivity index (χ4v) is 5.18. The molecule has 1 N–H and O–H groups in total. The zero-order chi connectivity index (χ0) is 18.2. The zero-order valence-electron chi connectivity index (χ0n) is 13.7. The van der Waals surface area contributed by atoms with Crippen molar-refractivity contribution in [3.63, 3.8) is 0 Å². The molecule has 2 aliphatic rings. The predicted molar refractivity (Wildman–Crippen MR) is 96.2 cm³/mol. The van der Waals surface area contributed by atoms with Crippen LogP contribution in [0.4, 0.5) is 0 Å². The van der Waals surface area contributed by atoms with E-state index in [0.29, 0.717) is 23.0 Å². The number of rotatable bonds is 2. The second kappa shape index (κ2) is 6.62. The lowest BCUT2D eigenvalue weighted by atomic mass is 9.56. The van der Waals surface area contributed by atoms with Gasteiger partial charge in [-0.05, 0) is 24.3 Å². The van der Waals surface area contributed by atoms with Gasteiger partial charge in [-0.3, -0.25) is 4.90 Å². The van der Waals surface area contributed by atoms with Gasteiger partial charge in [0.05, 0.1) is 34.2 Å². The normalized spacial score (nSPS) is 28.2. The average molecular weight is 370 g/mol. The maximum atomic E-state index is 9.77. The Kier molecular flexibility index (Phi) is 4.67. The molecule has 2 heterocycles. The minimum atomic E-state index is -1.64. The summed E-state index contributed by atoms with van der Waals surface area (Å²) in [6, 6.07) is 9.96. The summed E-state index contributed by atoms with van der Waals surface area (Å²) in [5, 5.41) is 37.8. The quantitative estimate of drug-likeness (QED) is 0.805. The summed E-state index contributed by atoms with van der Waals surface area (Å²) in [7, 11) is 0. The molecule has 0 unspecified atom stereocenters. The third-order valence-electron chi connectivity index (χ3n) is 5.21. The van der Waals surface area contributed by atoms with Crippen molar-refractivity contribution in [2.24, 2.45) is 17.3 Å². The molecule has 126 valence electrons. The second-order valence-electron chi connectivity index (χ2n) is 6.28. The van der Waals surface area contributed by atoms with E-state index in [2.05, 4.69) is 17.9 Å². The Balaban J connectivity index is 2.21. The predicted octanol–water partition coefficient (Wildman–Crippen LogP) is 3.57. The first-order valence-corrected chi connectivity index (χ1v) is 9.21. The summed E-state index contributed by atoms with van der Waals surface area (Å²) in [6.45, 7) is 4.22. The summed E-state index contributed by atoms with van der Waals surface area (Å²) < 4.78 is 0.629. The van der Waals surface area contributed by atoms with Gasteiger partial charge < -0.3 is 5.41 Å². The highest BCUT2D eigenvalue weighted by Gasteiger charge is 2.56. The van der Waals surface area contributed by atoms with Crippen LogP contribution in [-0.2, 0) is 0 Å². The molecule has 1 aromatic heterocycles. The Morgan fingerprint density at radius 1 is 1.36 bits per heavy atom. The number of hydrogen-bond donors (Lipinski definition) is 1. The standard InChI is InChI=1S/C18H16ClN5S/c1-2-24-6-5-13-12(8-24)16(14-3-4-15(19)25-14)11(7-20)17(23)18(13,9-21)10-22/h3-5,11-12,16,23H,2,6,8H2,1H3/t11-,12-,16+/m0/s1. The van der Waals surface area contributed by atoms with Gasteiger partial charge >= 0.3 is 0 Å². The number of thiophene rings is 1. The van der Waals surface area contributed by atoms with Gasteiger partial charge in [-0.15, -0.1) is 11.3 Å². The van der Waals surface area contributed by atoms with E-state index in [1.54, 1.807) is 6.07 Å². The monoisotopic (exact) mass is 369 g/mol. The molecule has 0 spiro atoms. The number of fused-ring (bicyclic) bond motifs is 1. The van der Waals surface area contributed by atoms with E-state index in [1.165, 1.54) is 11.3 Å². The Morgan fingerprint density at radius 3 is 2.60 bits per heavy atom. The van der Waals surface area contributed by atoms with Crippen molar-refractivity contribution in [2.75, 3.05) is 19.6 Å². The number of nitrogens with zero attached hydrogens (tertiary/aromatic N) is 4. The molecule has 1 aromatic rings. The second-order valence-corrected chi connectivity index (χ2v) is 8.03. The molecular weight excluding hydrogens is 354 g/mol. The van der Waals surface area contributed by atoms with Crippen LogP contribution in [0.5, 0.6) is 0 Å². The van der Waals surface area contributed by atoms with Crippen LogP contribution >= 0.6 is 22.9 Å². The molecular formula is C18H16ClN5S. The summed E-state index contributed by atoms with van der Waals surface area (Å²) in [4.78, 5) is 3.15. The van der Waals surface area contributed by atoms with Crippen LogP contribution in [0.1, 0.15) is 17.7 Å². The Bertz CT molecular complexity index is 851. The number of nitrogens with one attached hydrogen (secondary N) is 1. The Morgan fingerprint density at radius 2 is 2.08 bits per heavy atom. The van der Waals surface area contributed by atoms with Gasteiger partial charge in [-0.25, -0.2) is 0 Å². The first-order valence-electron chi connectivity index (χ1n) is 8.01. The van der Waals surface area contributed by atoms with Crippen molar-refractivity contribution in [3.05, 3.63) is 33.0 Å². The molecule has 3 atom stereocenters. The maximum Gasteiger partial charge on any atom is 0.203 e. The molecule has 0 saturated heterocycles. The van der Waals surface area contributed by atoms with Crippen LogP contribution < -0.4 is 0 Å². The van der Waals surface area contributed by atoms with E-state index in [9.17, 15) is 15.8 Å². The third-order valence-corrected chi connectivity index (χ3v) is 6.54. The number of hydrogen-bond acceptors (Lipinski definition) is 6. The molecule has 5 nitrogen and oxygen atoms in total. The highest BCUT2D eigenvalue weighted by molar-refractivity contribution is 7.16. The van der Waals surface area contributed by atoms with Crippen LogP contribution in [0.15, 0.2) is 23.8 Å². The summed E-state index contributed by atoms with van der Waals surface area (Å²) in [5.74, 6) is -1.22. The van der Waals surface area contributed by atoms with E-state index in [-0.39, 0.29) is 17.5 Å². The molecule has 1 fully saturated rings. The summed E-state index contributed by atoms with van der Waals surface area (Å²) in [5.41, 5.74) is -1.07. The van der Waals surface area contributed by atoms with Gasteiger partial charge in [0.2, 0.25) is 5.41 Å². The van der Waals surface area contributed by atoms with Crippen molar-refractivity contribution in [1.82, 2.24) is 4.90 Å². The van der Waals surface area contributed by atoms with Gasteiger partial charge in [0.25, 0.3) is 0 Å². The molecule has 0 amide bonds. The molecule has 25 heavy (non-hydrogen) atoms. The lowest BCUT2D eigenvalue weighted by Crippen LogP contribution is -2.52. The first-order chi connectivity index (χ1) is 12.0. The van der Waals surface area contributed by atoms with E-state index in [1.807, 2.05) is 24.3 Å². The van der Waals surface area contributed by atoms with Gasteiger partial charge in [0.1, 0.15) is 0 Å². The largest absolute Gasteiger partial charge is 0.305 e. The number of nitriles is 3. The molecule has 0 radical (unpaired) electrons. The molecule has 0 aromatic carbocycles. The number of likely N-dealkylation sites (N-methyl/N-ethyl adjacent to an activating group) is 1. The van der Waals surface area contributed by atoms with Crippen molar-refractivity contribution in [1.29, 1.82) is 21.2 Å². The minimum absolute atomic E-state index is 0.109. The minimum Gasteiger partial charge on any atom is -0.305 e. The number of halogens is 1. The van der Waals surface area contributed by atoms with Gasteiger partial charge in [-0.1, -0.05) is 24.6 Å². The van der Waals surface area contributed by atoms with Gasteiger partial charge in [-0.2, -0.15) is 15.8 Å². The lowest BCUT2D eigenvalue weighted by Gasteiger charge is -2.46. The highest BCUT2D eigenvalue weighted by Crippen LogP contribution is 2.53. The van der Waals surface area contributed by atoms with E-state index < -0.39 is 11.3 Å². The highest BCUT2D eigenvalue weighted by atomic mass is 35.5. The topological polar surface area (TPSA) is 98.5 Å². The van der Waals surface area contributed by atoms with Crippen molar-refractivity contribution < 1.29 is 0 Å². The summed E-state index contributed by atoms with van der Waals surface area (Å²) >= 11 is 7.50. The molecule has 1 aliphatic heterocycles. The fourth-order valence-electron chi connectivity index (χ4n) is 3.92. The molecule has 0 bridgehead atoms. The molecule has 3 rings (SSSR count). The van der Waals surface area contributed by atoms with Crippen LogP contribution in [0, 0.1) is 56.7 Å². The molecule has 7 heteroatoms. The van der Waals surface area contributed by atoms with Gasteiger partial charge in [0, 0.05) is 29.8 Å². The van der Waals surface area contributed by atoms with Crippen molar-refractivity contribution >= 4 is 28.6 Å². The fraction of sp³-hybridized carbons (Fsp3) is 0.444. The van der Waals surface area contributed by atoms with Crippen molar-refractivity contribution in [2.45, 2.75) is 12.8 Å². The Labute approximate surface area is 155 Å². The zero-order valence-corrected chi connectivity index (χ0v) is 15.2. The third kappa shape index (κ3) is 2.57. The van der Waals surface area contributed by atoms with Crippen LogP contribution in [0.25, 0.3) is 0 Å². The summed E-state index contributed by atoms with van der Waals surface area (Å²) in [6.07, 6.45) is 1.91. The lowest BCUT2D eigenvalue weighted by molar-refractivity contribution is 0.219. The first kappa shape index (κ1) is 17.6. The molecule has 1 aliphatic carbocycles. The SMILES string of the molecule is CCN1CC=C2[C@H](C1)[C@H](c1ccc(Cl)s1)[C@H](C#N)C(=N)C2(C#N)C#N. The maximum absolute atomic E-state index is 9.77. The van der Waals surface area contributed by atoms with Crippen molar-refractivity contribution in [3.8, 4) is 18.2 Å². The smallest absolute Gasteiger partial charge is 0.203 e. The van der Waals surface area contributed by atoms with E-state index >= 15 is 0 Å².